The number of rotatable bonds is 5. The van der Waals surface area contributed by atoms with Crippen LogP contribution in [0.4, 0.5) is 4.79 Å². The van der Waals surface area contributed by atoms with Gasteiger partial charge in [0.15, 0.2) is 0 Å². The lowest BCUT2D eigenvalue weighted by molar-refractivity contribution is -0.118. The fraction of sp³-hybridized carbons (Fsp3) is 0.750. The second kappa shape index (κ2) is 6.91. The number of nitrogens with zero attached hydrogens (tertiary/aromatic N) is 2. The highest BCUT2D eigenvalue weighted by Gasteiger charge is 2.25. The first-order valence-corrected chi connectivity index (χ1v) is 5.86. The number of ether oxygens (including phenoxy) is 1. The van der Waals surface area contributed by atoms with Gasteiger partial charge in [-0.05, 0) is 33.1 Å². The number of carbonyl (C=O) groups excluding carboxylic acids is 2. The molecule has 0 aromatic carbocycles. The lowest BCUT2D eigenvalue weighted by Crippen LogP contribution is -2.44. The van der Waals surface area contributed by atoms with Gasteiger partial charge < -0.3 is 15.6 Å². The van der Waals surface area contributed by atoms with E-state index in [0.717, 1.165) is 6.21 Å². The van der Waals surface area contributed by atoms with Crippen molar-refractivity contribution in [2.24, 2.45) is 5.92 Å². The van der Waals surface area contributed by atoms with Crippen molar-refractivity contribution < 1.29 is 19.1 Å². The lowest BCUT2D eigenvalue weighted by atomic mass is 10.0. The van der Waals surface area contributed by atoms with E-state index in [1.165, 1.54) is 0 Å². The summed E-state index contributed by atoms with van der Waals surface area (Å²) in [5, 5.41) is 2.48. The summed E-state index contributed by atoms with van der Waals surface area (Å²) >= 11 is 0. The summed E-state index contributed by atoms with van der Waals surface area (Å²) in [5.41, 5.74) is 7.72. The number of hydrogen-bond acceptors (Lipinski definition) is 3. The highest BCUT2D eigenvalue weighted by atomic mass is 16.6. The van der Waals surface area contributed by atoms with Crippen molar-refractivity contribution in [1.29, 1.82) is 0 Å². The molecule has 0 unspecified atom stereocenters. The average molecular weight is 255 g/mol. The Balaban J connectivity index is 4.64. The van der Waals surface area contributed by atoms with Crippen LogP contribution in [0, 0.1) is 5.92 Å². The zero-order valence-corrected chi connectivity index (χ0v) is 11.6. The maximum absolute atomic E-state index is 11.6. The Morgan fingerprint density at radius 2 is 1.94 bits per heavy atom. The molecule has 0 aliphatic heterocycles. The Labute approximate surface area is 107 Å². The van der Waals surface area contributed by atoms with Gasteiger partial charge in [-0.3, -0.25) is 4.79 Å². The normalized spacial score (nSPS) is 12.6. The molecular formula is C12H21N3O3. The van der Waals surface area contributed by atoms with E-state index in [4.69, 9.17) is 10.3 Å². The number of hydrogen-bond donors (Lipinski definition) is 1. The van der Waals surface area contributed by atoms with Gasteiger partial charge in [-0.1, -0.05) is 13.8 Å². The van der Waals surface area contributed by atoms with Gasteiger partial charge in [0, 0.05) is 0 Å². The first-order chi connectivity index (χ1) is 8.15. The minimum Gasteiger partial charge on any atom is -0.444 e. The number of carbonyl (C=O) groups is 2. The predicted octanol–water partition coefficient (Wildman–Crippen LogP) is 1.80. The van der Waals surface area contributed by atoms with Crippen molar-refractivity contribution in [2.45, 2.75) is 52.7 Å². The Morgan fingerprint density at radius 3 is 2.33 bits per heavy atom. The monoisotopic (exact) mass is 255 g/mol. The molecule has 0 heterocycles. The first kappa shape index (κ1) is 16.3. The SMILES string of the molecule is CC(C)C[C@H](NC(=O)OC(C)(C)C)C(=O)C=[N+]=[N-]. The number of alkyl carbamates (subject to hydrolysis) is 1. The molecule has 1 amide bonds. The van der Waals surface area contributed by atoms with Crippen molar-refractivity contribution in [3.63, 3.8) is 0 Å². The smallest absolute Gasteiger partial charge is 0.408 e. The summed E-state index contributed by atoms with van der Waals surface area (Å²) in [4.78, 5) is 25.8. The Hall–Kier alpha value is -1.68. The standard InChI is InChI=1S/C12H21N3O3/c1-8(2)6-9(10(16)7-14-13)15-11(17)18-12(3,4)5/h7-9H,6H2,1-5H3,(H,15,17)/t9-/m0/s1. The van der Waals surface area contributed by atoms with Crippen LogP contribution >= 0.6 is 0 Å². The third kappa shape index (κ3) is 7.57. The molecule has 1 atom stereocenters. The van der Waals surface area contributed by atoms with E-state index in [0.29, 0.717) is 6.42 Å². The van der Waals surface area contributed by atoms with Gasteiger partial charge in [0.05, 0.1) is 0 Å². The number of nitrogens with one attached hydrogen (secondary N) is 1. The summed E-state index contributed by atoms with van der Waals surface area (Å²) in [6, 6.07) is -0.740. The summed E-state index contributed by atoms with van der Waals surface area (Å²) in [6.45, 7) is 9.06. The third-order valence-corrected chi connectivity index (χ3v) is 1.93. The van der Waals surface area contributed by atoms with Gasteiger partial charge >= 0.3 is 12.3 Å². The van der Waals surface area contributed by atoms with Crippen LogP contribution < -0.4 is 5.32 Å². The maximum Gasteiger partial charge on any atom is 0.408 e. The Kier molecular flexibility index (Phi) is 6.27. The summed E-state index contributed by atoms with van der Waals surface area (Å²) in [7, 11) is 0. The molecule has 0 saturated heterocycles. The second-order valence-corrected chi connectivity index (χ2v) is 5.48. The van der Waals surface area contributed by atoms with Crippen molar-refractivity contribution >= 4 is 18.1 Å². The van der Waals surface area contributed by atoms with Gasteiger partial charge in [-0.15, -0.1) is 0 Å². The van der Waals surface area contributed by atoms with Crippen molar-refractivity contribution in [1.82, 2.24) is 5.32 Å². The van der Waals surface area contributed by atoms with E-state index in [9.17, 15) is 9.59 Å². The van der Waals surface area contributed by atoms with Gasteiger partial charge in [0.2, 0.25) is 0 Å². The summed E-state index contributed by atoms with van der Waals surface area (Å²) in [6.07, 6.45) is 0.571. The molecule has 0 radical (unpaired) electrons. The molecule has 1 N–H and O–H groups in total. The molecule has 0 spiro atoms. The van der Waals surface area contributed by atoms with Gasteiger partial charge in [-0.2, -0.15) is 4.79 Å². The van der Waals surface area contributed by atoms with Crippen LogP contribution in [0.25, 0.3) is 5.53 Å². The number of Topliss-reactive ketones (excluding diaryl/α,β-unsaturated/α-hetero) is 1. The van der Waals surface area contributed by atoms with Crippen LogP contribution in [0.15, 0.2) is 0 Å². The number of amides is 1. The van der Waals surface area contributed by atoms with Crippen LogP contribution in [0.2, 0.25) is 0 Å². The Morgan fingerprint density at radius 1 is 1.39 bits per heavy atom. The minimum absolute atomic E-state index is 0.209. The van der Waals surface area contributed by atoms with Crippen LogP contribution in [-0.2, 0) is 9.53 Å². The molecule has 0 aliphatic carbocycles. The lowest BCUT2D eigenvalue weighted by Gasteiger charge is -2.22. The molecule has 6 nitrogen and oxygen atoms in total. The fourth-order valence-electron chi connectivity index (χ4n) is 1.31. The number of ketones is 1. The molecule has 18 heavy (non-hydrogen) atoms. The zero-order valence-electron chi connectivity index (χ0n) is 11.6. The molecule has 0 aliphatic rings. The van der Waals surface area contributed by atoms with Crippen LogP contribution in [0.3, 0.4) is 0 Å². The average Bonchev–Trinajstić information content (AvgIpc) is 2.13. The van der Waals surface area contributed by atoms with E-state index in [-0.39, 0.29) is 5.92 Å². The van der Waals surface area contributed by atoms with Gasteiger partial charge in [-0.25, -0.2) is 4.79 Å². The van der Waals surface area contributed by atoms with E-state index in [2.05, 4.69) is 10.1 Å². The molecular weight excluding hydrogens is 234 g/mol. The van der Waals surface area contributed by atoms with E-state index < -0.39 is 23.5 Å². The molecule has 102 valence electrons. The third-order valence-electron chi connectivity index (χ3n) is 1.93. The van der Waals surface area contributed by atoms with Crippen LogP contribution in [-0.4, -0.2) is 34.5 Å². The molecule has 0 saturated carbocycles. The first-order valence-electron chi connectivity index (χ1n) is 5.86. The largest absolute Gasteiger partial charge is 0.444 e. The topological polar surface area (TPSA) is 91.8 Å². The van der Waals surface area contributed by atoms with Crippen molar-refractivity contribution in [3.05, 3.63) is 5.53 Å². The molecule has 0 aromatic heterocycles. The second-order valence-electron chi connectivity index (χ2n) is 5.48. The highest BCUT2D eigenvalue weighted by Crippen LogP contribution is 2.09. The van der Waals surface area contributed by atoms with Crippen LogP contribution in [0.1, 0.15) is 41.0 Å². The van der Waals surface area contributed by atoms with E-state index >= 15 is 0 Å². The van der Waals surface area contributed by atoms with Gasteiger partial charge in [0.25, 0.3) is 5.78 Å². The van der Waals surface area contributed by atoms with Crippen molar-refractivity contribution in [3.8, 4) is 0 Å². The molecule has 0 fully saturated rings. The summed E-state index contributed by atoms with van der Waals surface area (Å²) in [5.74, 6) is -0.252. The fourth-order valence-corrected chi connectivity index (χ4v) is 1.31. The quantitative estimate of drug-likeness (QED) is 0.461. The molecule has 0 rings (SSSR count). The summed E-state index contributed by atoms with van der Waals surface area (Å²) < 4.78 is 5.07. The molecule has 0 bridgehead atoms. The Bertz CT molecular complexity index is 352. The predicted molar refractivity (Wildman–Crippen MR) is 67.3 cm³/mol. The maximum atomic E-state index is 11.6. The van der Waals surface area contributed by atoms with E-state index in [1.807, 2.05) is 13.8 Å². The van der Waals surface area contributed by atoms with Crippen molar-refractivity contribution in [2.75, 3.05) is 0 Å². The molecule has 6 heteroatoms. The van der Waals surface area contributed by atoms with Gasteiger partial charge in [0.1, 0.15) is 11.6 Å². The highest BCUT2D eigenvalue weighted by molar-refractivity contribution is 6.28. The zero-order chi connectivity index (χ0) is 14.3. The van der Waals surface area contributed by atoms with E-state index in [1.54, 1.807) is 20.8 Å². The molecule has 0 aromatic rings. The van der Waals surface area contributed by atoms with Crippen LogP contribution in [0.5, 0.6) is 0 Å². The minimum atomic E-state index is -0.740.